The first-order valence-electron chi connectivity index (χ1n) is 6.52. The minimum absolute atomic E-state index is 0.00490. The van der Waals surface area contributed by atoms with Gasteiger partial charge in [-0.15, -0.1) is 0 Å². The Labute approximate surface area is 113 Å². The van der Waals surface area contributed by atoms with Gasteiger partial charge in [-0.05, 0) is 25.0 Å². The zero-order valence-electron chi connectivity index (χ0n) is 11.4. The van der Waals surface area contributed by atoms with Crippen molar-refractivity contribution in [2.24, 2.45) is 0 Å². The van der Waals surface area contributed by atoms with Crippen LogP contribution in [0.1, 0.15) is 12.0 Å². The molecule has 0 fully saturated rings. The summed E-state index contributed by atoms with van der Waals surface area (Å²) in [6, 6.07) is 3.78. The van der Waals surface area contributed by atoms with E-state index in [-0.39, 0.29) is 19.3 Å². The van der Waals surface area contributed by atoms with Crippen LogP contribution >= 0.6 is 0 Å². The third-order valence-corrected chi connectivity index (χ3v) is 3.46. The maximum absolute atomic E-state index is 9.41. The molecule has 0 radical (unpaired) electrons. The van der Waals surface area contributed by atoms with Crippen molar-refractivity contribution in [3.05, 3.63) is 17.7 Å². The fourth-order valence-corrected chi connectivity index (χ4v) is 2.31. The Balaban J connectivity index is 2.28. The van der Waals surface area contributed by atoms with Gasteiger partial charge in [0.25, 0.3) is 0 Å². The highest BCUT2D eigenvalue weighted by molar-refractivity contribution is 5.62. The van der Waals surface area contributed by atoms with Crippen LogP contribution in [0.2, 0.25) is 0 Å². The van der Waals surface area contributed by atoms with Crippen LogP contribution in [0, 0.1) is 6.92 Å². The quantitative estimate of drug-likeness (QED) is 0.831. The Morgan fingerprint density at radius 2 is 1.84 bits per heavy atom. The van der Waals surface area contributed by atoms with Gasteiger partial charge in [0.2, 0.25) is 0 Å². The Bertz CT molecular complexity index is 436. The molecule has 5 heteroatoms. The van der Waals surface area contributed by atoms with Gasteiger partial charge in [-0.1, -0.05) is 0 Å². The van der Waals surface area contributed by atoms with Crippen LogP contribution in [-0.4, -0.2) is 49.7 Å². The summed E-state index contributed by atoms with van der Waals surface area (Å²) in [5.74, 6) is 1.50. The fourth-order valence-electron chi connectivity index (χ4n) is 2.31. The minimum atomic E-state index is -0.105. The summed E-state index contributed by atoms with van der Waals surface area (Å²) in [6.45, 7) is 3.19. The third-order valence-electron chi connectivity index (χ3n) is 3.46. The molecular formula is C14H21NO4. The van der Waals surface area contributed by atoms with E-state index >= 15 is 0 Å². The SMILES string of the molecule is Cc1cc2c(cc1N(C)C(CO)CCO)OCCO2. The number of fused-ring (bicyclic) bond motifs is 1. The lowest BCUT2D eigenvalue weighted by atomic mass is 10.1. The molecule has 106 valence electrons. The van der Waals surface area contributed by atoms with Crippen molar-refractivity contribution in [1.29, 1.82) is 0 Å². The summed E-state index contributed by atoms with van der Waals surface area (Å²) >= 11 is 0. The lowest BCUT2D eigenvalue weighted by Crippen LogP contribution is -2.36. The van der Waals surface area contributed by atoms with Gasteiger partial charge in [0.15, 0.2) is 11.5 Å². The van der Waals surface area contributed by atoms with Crippen molar-refractivity contribution in [3.63, 3.8) is 0 Å². The number of aryl methyl sites for hydroxylation is 1. The zero-order chi connectivity index (χ0) is 13.8. The number of likely N-dealkylation sites (N-methyl/N-ethyl adjacent to an activating group) is 1. The topological polar surface area (TPSA) is 62.2 Å². The fraction of sp³-hybridized carbons (Fsp3) is 0.571. The van der Waals surface area contributed by atoms with Crippen LogP contribution in [0.15, 0.2) is 12.1 Å². The molecule has 1 unspecified atom stereocenters. The molecule has 1 aliphatic heterocycles. The molecule has 1 heterocycles. The van der Waals surface area contributed by atoms with Crippen molar-refractivity contribution >= 4 is 5.69 Å². The first kappa shape index (κ1) is 14.0. The van der Waals surface area contributed by atoms with E-state index in [0.29, 0.717) is 19.6 Å². The van der Waals surface area contributed by atoms with E-state index < -0.39 is 0 Å². The van der Waals surface area contributed by atoms with Crippen molar-refractivity contribution in [2.45, 2.75) is 19.4 Å². The maximum Gasteiger partial charge on any atom is 0.163 e. The number of aliphatic hydroxyl groups excluding tert-OH is 2. The average Bonchev–Trinajstić information content (AvgIpc) is 2.43. The molecule has 2 N–H and O–H groups in total. The second-order valence-electron chi connectivity index (χ2n) is 4.74. The van der Waals surface area contributed by atoms with Crippen molar-refractivity contribution in [1.82, 2.24) is 0 Å². The number of benzene rings is 1. The number of hydrogen-bond donors (Lipinski definition) is 2. The van der Waals surface area contributed by atoms with E-state index in [2.05, 4.69) is 0 Å². The summed E-state index contributed by atoms with van der Waals surface area (Å²) in [7, 11) is 1.91. The smallest absolute Gasteiger partial charge is 0.163 e. The van der Waals surface area contributed by atoms with E-state index in [9.17, 15) is 5.11 Å². The molecule has 1 aromatic carbocycles. The molecule has 0 amide bonds. The van der Waals surface area contributed by atoms with Gasteiger partial charge in [-0.3, -0.25) is 0 Å². The normalized spacial score (nSPS) is 15.2. The molecule has 1 atom stereocenters. The van der Waals surface area contributed by atoms with Crippen molar-refractivity contribution < 1.29 is 19.7 Å². The first-order chi connectivity index (χ1) is 9.17. The van der Waals surface area contributed by atoms with Gasteiger partial charge >= 0.3 is 0 Å². The number of nitrogens with zero attached hydrogens (tertiary/aromatic N) is 1. The summed E-state index contributed by atoms with van der Waals surface area (Å²) < 4.78 is 11.1. The highest BCUT2D eigenvalue weighted by Crippen LogP contribution is 2.37. The van der Waals surface area contributed by atoms with Crippen LogP contribution in [0.4, 0.5) is 5.69 Å². The Hall–Kier alpha value is -1.46. The molecule has 0 saturated heterocycles. The van der Waals surface area contributed by atoms with Crippen molar-refractivity contribution in [3.8, 4) is 11.5 Å². The summed E-state index contributed by atoms with van der Waals surface area (Å²) in [5, 5.41) is 18.5. The van der Waals surface area contributed by atoms with E-state index in [4.69, 9.17) is 14.6 Å². The molecule has 2 rings (SSSR count). The molecule has 0 bridgehead atoms. The monoisotopic (exact) mass is 267 g/mol. The van der Waals surface area contributed by atoms with Gasteiger partial charge < -0.3 is 24.6 Å². The Kier molecular flexibility index (Phi) is 4.50. The first-order valence-corrected chi connectivity index (χ1v) is 6.52. The van der Waals surface area contributed by atoms with Crippen LogP contribution in [-0.2, 0) is 0 Å². The average molecular weight is 267 g/mol. The van der Waals surface area contributed by atoms with Gasteiger partial charge in [-0.2, -0.15) is 0 Å². The minimum Gasteiger partial charge on any atom is -0.486 e. The number of hydrogen-bond acceptors (Lipinski definition) is 5. The van der Waals surface area contributed by atoms with Gasteiger partial charge in [0.05, 0.1) is 12.6 Å². The van der Waals surface area contributed by atoms with E-state index in [1.165, 1.54) is 0 Å². The van der Waals surface area contributed by atoms with E-state index in [1.54, 1.807) is 0 Å². The van der Waals surface area contributed by atoms with Gasteiger partial charge in [0, 0.05) is 25.4 Å². The molecule has 0 saturated carbocycles. The highest BCUT2D eigenvalue weighted by atomic mass is 16.6. The molecule has 0 spiro atoms. The largest absolute Gasteiger partial charge is 0.486 e. The summed E-state index contributed by atoms with van der Waals surface area (Å²) in [5.41, 5.74) is 2.04. The lowest BCUT2D eigenvalue weighted by molar-refractivity contribution is 0.171. The van der Waals surface area contributed by atoms with Crippen LogP contribution in [0.5, 0.6) is 11.5 Å². The zero-order valence-corrected chi connectivity index (χ0v) is 11.4. The summed E-state index contributed by atoms with van der Waals surface area (Å²) in [6.07, 6.45) is 0.529. The van der Waals surface area contributed by atoms with Crippen LogP contribution < -0.4 is 14.4 Å². The molecule has 1 aliphatic rings. The molecule has 0 aromatic heterocycles. The predicted octanol–water partition coefficient (Wildman–Crippen LogP) is 0.946. The third kappa shape index (κ3) is 2.93. The lowest BCUT2D eigenvalue weighted by Gasteiger charge is -2.31. The predicted molar refractivity (Wildman–Crippen MR) is 73.1 cm³/mol. The standard InChI is InChI=1S/C14H21NO4/c1-10-7-13-14(19-6-5-18-13)8-12(10)15(2)11(9-17)3-4-16/h7-8,11,16-17H,3-6,9H2,1-2H3. The second-order valence-corrected chi connectivity index (χ2v) is 4.74. The second kappa shape index (κ2) is 6.12. The number of anilines is 1. The van der Waals surface area contributed by atoms with Crippen LogP contribution in [0.25, 0.3) is 0 Å². The molecular weight excluding hydrogens is 246 g/mol. The van der Waals surface area contributed by atoms with E-state index in [1.807, 2.05) is 31.0 Å². The summed E-state index contributed by atoms with van der Waals surface area (Å²) in [4.78, 5) is 1.98. The van der Waals surface area contributed by atoms with E-state index in [0.717, 1.165) is 22.7 Å². The van der Waals surface area contributed by atoms with Crippen molar-refractivity contribution in [2.75, 3.05) is 38.4 Å². The molecule has 1 aromatic rings. The Morgan fingerprint density at radius 1 is 1.21 bits per heavy atom. The maximum atomic E-state index is 9.41. The molecule has 5 nitrogen and oxygen atoms in total. The number of ether oxygens (including phenoxy) is 2. The van der Waals surface area contributed by atoms with Crippen LogP contribution in [0.3, 0.4) is 0 Å². The molecule has 19 heavy (non-hydrogen) atoms. The van der Waals surface area contributed by atoms with Gasteiger partial charge in [-0.25, -0.2) is 0 Å². The molecule has 0 aliphatic carbocycles. The Morgan fingerprint density at radius 3 is 2.42 bits per heavy atom. The van der Waals surface area contributed by atoms with Gasteiger partial charge in [0.1, 0.15) is 13.2 Å². The number of rotatable bonds is 5. The number of aliphatic hydroxyl groups is 2. The highest BCUT2D eigenvalue weighted by Gasteiger charge is 2.20.